The maximum absolute atomic E-state index is 13.7. The van der Waals surface area contributed by atoms with E-state index in [1.54, 1.807) is 41.7 Å². The molecule has 1 amide bonds. The summed E-state index contributed by atoms with van der Waals surface area (Å²) in [5, 5.41) is 9.59. The van der Waals surface area contributed by atoms with Gasteiger partial charge in [0.25, 0.3) is 0 Å². The van der Waals surface area contributed by atoms with E-state index < -0.39 is 12.1 Å². The zero-order valence-electron chi connectivity index (χ0n) is 20.9. The van der Waals surface area contributed by atoms with Gasteiger partial charge >= 0.3 is 0 Å². The van der Waals surface area contributed by atoms with Crippen molar-refractivity contribution in [2.45, 2.75) is 52.9 Å². The van der Waals surface area contributed by atoms with Crippen LogP contribution >= 0.6 is 11.6 Å². The second-order valence-corrected chi connectivity index (χ2v) is 9.58. The van der Waals surface area contributed by atoms with E-state index in [0.717, 1.165) is 23.2 Å². The fourth-order valence-corrected chi connectivity index (χ4v) is 4.58. The summed E-state index contributed by atoms with van der Waals surface area (Å²) in [5.41, 5.74) is 9.87. The number of halogens is 1. The number of amides is 1. The number of imidazole rings is 1. The monoisotopic (exact) mass is 505 g/mol. The predicted molar refractivity (Wildman–Crippen MR) is 140 cm³/mol. The highest BCUT2D eigenvalue weighted by Gasteiger charge is 2.35. The van der Waals surface area contributed by atoms with E-state index in [2.05, 4.69) is 11.1 Å². The molecule has 3 rings (SSSR count). The smallest absolute Gasteiger partial charge is 0.221 e. The summed E-state index contributed by atoms with van der Waals surface area (Å²) in [6.07, 6.45) is 3.51. The van der Waals surface area contributed by atoms with Crippen LogP contribution in [0.1, 0.15) is 49.6 Å². The number of aromatic nitrogens is 2. The Hall–Kier alpha value is -3.47. The van der Waals surface area contributed by atoms with Crippen molar-refractivity contribution in [2.24, 2.45) is 17.6 Å². The molecule has 0 radical (unpaired) electrons. The van der Waals surface area contributed by atoms with Crippen LogP contribution in [0.3, 0.4) is 0 Å². The number of nitriles is 1. The van der Waals surface area contributed by atoms with Gasteiger partial charge in [0.2, 0.25) is 5.91 Å². The number of carbonyl (C=O) groups is 2. The van der Waals surface area contributed by atoms with Gasteiger partial charge in [-0.3, -0.25) is 9.59 Å². The Kier molecular flexibility index (Phi) is 9.40. The quantitative estimate of drug-likeness (QED) is 0.384. The highest BCUT2D eigenvalue weighted by Crippen LogP contribution is 2.25. The standard InChI is InChI=1S/C28H32ClN5O2/c1-4-19(2)27(28(31)34(20(3)35)17-23-6-5-7-24(29)12-23)26(36)13-25-15-32-18-33(25)16-22-10-8-21(14-30)9-11-22/h5-12,15,18-19,27-28H,4,13,16-17,31H2,1-3H3/t19-,27+,28?/m0/s1. The van der Waals surface area contributed by atoms with Crippen molar-refractivity contribution in [3.8, 4) is 6.07 Å². The minimum absolute atomic E-state index is 0.0244. The van der Waals surface area contributed by atoms with E-state index >= 15 is 0 Å². The Morgan fingerprint density at radius 1 is 1.19 bits per heavy atom. The van der Waals surface area contributed by atoms with Crippen LogP contribution in [0, 0.1) is 23.2 Å². The summed E-state index contributed by atoms with van der Waals surface area (Å²) in [5.74, 6) is -0.801. The fourth-order valence-electron chi connectivity index (χ4n) is 4.37. The molecule has 2 N–H and O–H groups in total. The van der Waals surface area contributed by atoms with Crippen LogP contribution in [-0.2, 0) is 29.1 Å². The van der Waals surface area contributed by atoms with Crippen molar-refractivity contribution in [3.05, 3.63) is 88.5 Å². The second-order valence-electron chi connectivity index (χ2n) is 9.14. The molecule has 8 heteroatoms. The van der Waals surface area contributed by atoms with E-state index in [0.29, 0.717) is 17.1 Å². The normalized spacial score (nSPS) is 13.4. The van der Waals surface area contributed by atoms with Crippen molar-refractivity contribution in [3.63, 3.8) is 0 Å². The molecular weight excluding hydrogens is 474 g/mol. The summed E-state index contributed by atoms with van der Waals surface area (Å²) in [4.78, 5) is 32.1. The molecule has 1 heterocycles. The molecule has 0 saturated carbocycles. The third-order valence-electron chi connectivity index (χ3n) is 6.59. The van der Waals surface area contributed by atoms with Gasteiger partial charge in [-0.1, -0.05) is 56.1 Å². The van der Waals surface area contributed by atoms with Gasteiger partial charge in [0.05, 0.1) is 30.0 Å². The molecule has 1 aromatic heterocycles. The fraction of sp³-hybridized carbons (Fsp3) is 0.357. The molecule has 0 bridgehead atoms. The molecular formula is C28H32ClN5O2. The Labute approximate surface area is 217 Å². The van der Waals surface area contributed by atoms with Crippen molar-refractivity contribution in [1.82, 2.24) is 14.5 Å². The van der Waals surface area contributed by atoms with Gasteiger partial charge in [-0.05, 0) is 41.3 Å². The van der Waals surface area contributed by atoms with Crippen molar-refractivity contribution in [1.29, 1.82) is 5.26 Å². The van der Waals surface area contributed by atoms with Gasteiger partial charge in [-0.25, -0.2) is 4.98 Å². The number of hydrogen-bond acceptors (Lipinski definition) is 5. The van der Waals surface area contributed by atoms with Gasteiger partial charge in [0.1, 0.15) is 5.78 Å². The summed E-state index contributed by atoms with van der Waals surface area (Å²) < 4.78 is 1.92. The number of hydrogen-bond donors (Lipinski definition) is 1. The Bertz CT molecular complexity index is 1230. The van der Waals surface area contributed by atoms with Gasteiger partial charge in [0, 0.05) is 43.3 Å². The van der Waals surface area contributed by atoms with Crippen LogP contribution in [-0.4, -0.2) is 32.3 Å². The van der Waals surface area contributed by atoms with E-state index in [9.17, 15) is 9.59 Å². The van der Waals surface area contributed by atoms with Crippen LogP contribution in [0.5, 0.6) is 0 Å². The van der Waals surface area contributed by atoms with Crippen LogP contribution in [0.25, 0.3) is 0 Å². The topological polar surface area (TPSA) is 105 Å². The first-order valence-corrected chi connectivity index (χ1v) is 12.4. The van der Waals surface area contributed by atoms with Crippen LogP contribution in [0.15, 0.2) is 61.1 Å². The minimum Gasteiger partial charge on any atom is -0.330 e. The summed E-state index contributed by atoms with van der Waals surface area (Å²) >= 11 is 6.13. The SMILES string of the molecule is CC[C@H](C)[C@H](C(=O)Cc1cncn1Cc1ccc(C#N)cc1)C(N)N(Cc1cccc(Cl)c1)C(C)=O. The van der Waals surface area contributed by atoms with Crippen LogP contribution in [0.4, 0.5) is 0 Å². The van der Waals surface area contributed by atoms with Gasteiger partial charge in [-0.2, -0.15) is 5.26 Å². The molecule has 0 saturated heterocycles. The molecule has 3 aromatic rings. The molecule has 0 aliphatic rings. The highest BCUT2D eigenvalue weighted by molar-refractivity contribution is 6.30. The summed E-state index contributed by atoms with van der Waals surface area (Å²) in [7, 11) is 0. The van der Waals surface area contributed by atoms with Gasteiger partial charge in [-0.15, -0.1) is 0 Å². The number of nitrogens with zero attached hydrogens (tertiary/aromatic N) is 4. The van der Waals surface area contributed by atoms with Crippen LogP contribution in [0.2, 0.25) is 5.02 Å². The third-order valence-corrected chi connectivity index (χ3v) is 6.83. The largest absolute Gasteiger partial charge is 0.330 e. The number of ketones is 1. The molecule has 1 unspecified atom stereocenters. The maximum atomic E-state index is 13.7. The predicted octanol–water partition coefficient (Wildman–Crippen LogP) is 4.56. The Morgan fingerprint density at radius 3 is 2.53 bits per heavy atom. The number of carbonyl (C=O) groups excluding carboxylic acids is 2. The molecule has 0 aliphatic heterocycles. The average molecular weight is 506 g/mol. The zero-order chi connectivity index (χ0) is 26.2. The lowest BCUT2D eigenvalue weighted by Crippen LogP contribution is -2.53. The Morgan fingerprint density at radius 2 is 1.92 bits per heavy atom. The Balaban J connectivity index is 1.80. The summed E-state index contributed by atoms with van der Waals surface area (Å²) in [6, 6.07) is 16.7. The summed E-state index contributed by atoms with van der Waals surface area (Å²) in [6.45, 7) is 6.28. The van der Waals surface area contributed by atoms with E-state index in [-0.39, 0.29) is 30.6 Å². The first kappa shape index (κ1) is 27.1. The molecule has 36 heavy (non-hydrogen) atoms. The number of benzene rings is 2. The van der Waals surface area contributed by atoms with Crippen molar-refractivity contribution >= 4 is 23.3 Å². The molecule has 0 spiro atoms. The lowest BCUT2D eigenvalue weighted by molar-refractivity contribution is -0.136. The van der Waals surface area contributed by atoms with Gasteiger partial charge in [0.15, 0.2) is 0 Å². The maximum Gasteiger partial charge on any atom is 0.221 e. The molecule has 3 atom stereocenters. The van der Waals surface area contributed by atoms with Crippen molar-refractivity contribution in [2.75, 3.05) is 0 Å². The van der Waals surface area contributed by atoms with E-state index in [4.69, 9.17) is 22.6 Å². The molecule has 0 fully saturated rings. The third kappa shape index (κ3) is 6.81. The lowest BCUT2D eigenvalue weighted by Gasteiger charge is -2.36. The number of nitrogens with two attached hydrogens (primary N) is 1. The molecule has 2 aromatic carbocycles. The second kappa shape index (κ2) is 12.5. The van der Waals surface area contributed by atoms with Crippen LogP contribution < -0.4 is 5.73 Å². The van der Waals surface area contributed by atoms with Gasteiger partial charge < -0.3 is 15.2 Å². The molecule has 0 aliphatic carbocycles. The highest BCUT2D eigenvalue weighted by atomic mass is 35.5. The first-order valence-electron chi connectivity index (χ1n) is 12.0. The number of rotatable bonds is 11. The molecule has 188 valence electrons. The van der Waals surface area contributed by atoms with E-state index in [1.807, 2.05) is 42.7 Å². The van der Waals surface area contributed by atoms with Crippen molar-refractivity contribution < 1.29 is 9.59 Å². The first-order chi connectivity index (χ1) is 17.2. The number of Topliss-reactive ketones (excluding diaryl/α,β-unsaturated/α-hetero) is 1. The lowest BCUT2D eigenvalue weighted by atomic mass is 9.83. The molecule has 7 nitrogen and oxygen atoms in total. The zero-order valence-corrected chi connectivity index (χ0v) is 21.7. The average Bonchev–Trinajstić information content (AvgIpc) is 3.28. The van der Waals surface area contributed by atoms with E-state index in [1.165, 1.54) is 6.92 Å². The minimum atomic E-state index is -0.779.